The molecule has 0 spiro atoms. The van der Waals surface area contributed by atoms with Crippen LogP contribution in [-0.4, -0.2) is 72.2 Å². The predicted molar refractivity (Wildman–Crippen MR) is 76.6 cm³/mol. The lowest BCUT2D eigenvalue weighted by Gasteiger charge is -2.32. The highest BCUT2D eigenvalue weighted by molar-refractivity contribution is 5.91. The summed E-state index contributed by atoms with van der Waals surface area (Å²) in [6, 6.07) is -2.17. The number of rotatable bonds is 9. The highest BCUT2D eigenvalue weighted by Gasteiger charge is 2.33. The van der Waals surface area contributed by atoms with Crippen molar-refractivity contribution in [2.45, 2.75) is 32.4 Å². The molecule has 0 unspecified atom stereocenters. The molecule has 0 heterocycles. The molecule has 4 N–H and O–H groups in total. The first-order chi connectivity index (χ1) is 9.79. The number of aliphatic hydroxyl groups excluding tert-OH is 1. The van der Waals surface area contributed by atoms with Gasteiger partial charge in [-0.25, -0.2) is 4.79 Å². The second kappa shape index (κ2) is 9.30. The molecule has 0 radical (unpaired) electrons. The molecule has 122 valence electrons. The van der Waals surface area contributed by atoms with E-state index >= 15 is 0 Å². The Balaban J connectivity index is 5.10. The minimum atomic E-state index is -1.38. The largest absolute Gasteiger partial charge is 0.480 e. The number of hydrogen-bond acceptors (Lipinski definition) is 5. The molecular weight excluding hydrogens is 278 g/mol. The maximum Gasteiger partial charge on any atom is 0.328 e. The molecule has 8 heteroatoms. The Hall–Kier alpha value is -1.67. The van der Waals surface area contributed by atoms with E-state index in [1.54, 1.807) is 7.05 Å². The Morgan fingerprint density at radius 1 is 1.29 bits per heavy atom. The molecule has 3 atom stereocenters. The van der Waals surface area contributed by atoms with Gasteiger partial charge in [-0.15, -0.1) is 0 Å². The van der Waals surface area contributed by atoms with Crippen LogP contribution < -0.4 is 10.6 Å². The highest BCUT2D eigenvalue weighted by atomic mass is 16.4. The van der Waals surface area contributed by atoms with E-state index in [-0.39, 0.29) is 18.4 Å². The number of aliphatic hydroxyl groups is 1. The fourth-order valence-electron chi connectivity index (χ4n) is 1.91. The maximum absolute atomic E-state index is 12.3. The second-order valence-electron chi connectivity index (χ2n) is 4.95. The number of carbonyl (C=O) groups is 3. The summed E-state index contributed by atoms with van der Waals surface area (Å²) in [5.74, 6) is -2.33. The van der Waals surface area contributed by atoms with Crippen molar-refractivity contribution >= 4 is 17.8 Å². The van der Waals surface area contributed by atoms with Gasteiger partial charge in [0.25, 0.3) is 0 Å². The maximum atomic E-state index is 12.3. The van der Waals surface area contributed by atoms with Gasteiger partial charge in [-0.1, -0.05) is 20.3 Å². The van der Waals surface area contributed by atoms with E-state index in [1.807, 2.05) is 13.8 Å². The van der Waals surface area contributed by atoms with Gasteiger partial charge in [-0.05, 0) is 13.0 Å². The van der Waals surface area contributed by atoms with E-state index in [4.69, 9.17) is 10.2 Å². The van der Waals surface area contributed by atoms with E-state index in [1.165, 1.54) is 11.9 Å². The van der Waals surface area contributed by atoms with E-state index in [9.17, 15) is 14.4 Å². The molecule has 0 aromatic heterocycles. The number of carboxylic acid groups (broad SMARTS) is 1. The lowest BCUT2D eigenvalue weighted by atomic mass is 9.96. The van der Waals surface area contributed by atoms with Crippen LogP contribution in [0.5, 0.6) is 0 Å². The average molecular weight is 303 g/mol. The Morgan fingerprint density at radius 2 is 1.86 bits per heavy atom. The van der Waals surface area contributed by atoms with E-state index in [0.29, 0.717) is 6.42 Å². The van der Waals surface area contributed by atoms with Gasteiger partial charge in [0.2, 0.25) is 11.8 Å². The number of likely N-dealkylation sites (N-methyl/N-ethyl adjacent to an activating group) is 2. The Morgan fingerprint density at radius 3 is 2.24 bits per heavy atom. The van der Waals surface area contributed by atoms with Crippen molar-refractivity contribution in [2.24, 2.45) is 5.92 Å². The van der Waals surface area contributed by atoms with Gasteiger partial charge in [-0.2, -0.15) is 0 Å². The smallest absolute Gasteiger partial charge is 0.328 e. The summed E-state index contributed by atoms with van der Waals surface area (Å²) in [6.07, 6.45) is 0.645. The fourth-order valence-corrected chi connectivity index (χ4v) is 1.91. The van der Waals surface area contributed by atoms with Crippen LogP contribution in [0.3, 0.4) is 0 Å². The second-order valence-corrected chi connectivity index (χ2v) is 4.95. The minimum Gasteiger partial charge on any atom is -0.480 e. The summed E-state index contributed by atoms with van der Waals surface area (Å²) in [7, 11) is 3.13. The monoisotopic (exact) mass is 303 g/mol. The normalized spacial score (nSPS) is 14.9. The first kappa shape index (κ1) is 19.3. The van der Waals surface area contributed by atoms with Crippen LogP contribution in [0.4, 0.5) is 0 Å². The van der Waals surface area contributed by atoms with Crippen LogP contribution in [0, 0.1) is 5.92 Å². The van der Waals surface area contributed by atoms with Crippen molar-refractivity contribution in [3.63, 3.8) is 0 Å². The summed E-state index contributed by atoms with van der Waals surface area (Å²) in [4.78, 5) is 36.4. The third-order valence-corrected chi connectivity index (χ3v) is 3.39. The summed E-state index contributed by atoms with van der Waals surface area (Å²) >= 11 is 0. The molecule has 8 nitrogen and oxygen atoms in total. The Kier molecular flexibility index (Phi) is 8.56. The molecule has 0 bridgehead atoms. The number of carboxylic acids is 1. The molecule has 0 aliphatic rings. The van der Waals surface area contributed by atoms with Crippen LogP contribution in [0.2, 0.25) is 0 Å². The van der Waals surface area contributed by atoms with Crippen molar-refractivity contribution in [1.82, 2.24) is 15.5 Å². The van der Waals surface area contributed by atoms with Crippen LogP contribution in [0.25, 0.3) is 0 Å². The topological polar surface area (TPSA) is 119 Å². The Bertz CT molecular complexity index is 375. The summed E-state index contributed by atoms with van der Waals surface area (Å²) in [5, 5.41) is 22.8. The molecule has 0 aliphatic carbocycles. The van der Waals surface area contributed by atoms with E-state index < -0.39 is 30.6 Å². The van der Waals surface area contributed by atoms with Crippen molar-refractivity contribution in [2.75, 3.05) is 27.2 Å². The summed E-state index contributed by atoms with van der Waals surface area (Å²) < 4.78 is 0. The van der Waals surface area contributed by atoms with Crippen LogP contribution >= 0.6 is 0 Å². The number of nitrogens with zero attached hydrogens (tertiary/aromatic N) is 1. The fraction of sp³-hybridized carbons (Fsp3) is 0.769. The quantitative estimate of drug-likeness (QED) is 0.418. The van der Waals surface area contributed by atoms with Crippen molar-refractivity contribution in [1.29, 1.82) is 0 Å². The van der Waals surface area contributed by atoms with Gasteiger partial charge >= 0.3 is 5.97 Å². The number of carbonyl (C=O) groups excluding carboxylic acids is 2. The van der Waals surface area contributed by atoms with Crippen LogP contribution in [0.15, 0.2) is 0 Å². The van der Waals surface area contributed by atoms with Gasteiger partial charge in [0.05, 0.1) is 13.2 Å². The Labute approximate surface area is 124 Å². The third kappa shape index (κ3) is 5.68. The summed E-state index contributed by atoms with van der Waals surface area (Å²) in [6.45, 7) is 3.06. The molecule has 21 heavy (non-hydrogen) atoms. The third-order valence-electron chi connectivity index (χ3n) is 3.39. The molecule has 0 fully saturated rings. The standard InChI is InChI=1S/C13H25N3O5/c1-5-8(2)11(16(4)10(18)6-14-3)12(19)15-9(7-17)13(20)21/h8-9,11,14,17H,5-7H2,1-4H3,(H,15,19)(H,20,21)/t8-,9-,11-/m0/s1. The lowest BCUT2D eigenvalue weighted by molar-refractivity contribution is -0.145. The molecule has 0 rings (SSSR count). The number of amides is 2. The molecule has 0 aromatic carbocycles. The SMILES string of the molecule is CC[C@H](C)[C@@H](C(=O)N[C@@H](CO)C(=O)O)N(C)C(=O)CNC. The summed E-state index contributed by atoms with van der Waals surface area (Å²) in [5.41, 5.74) is 0. The van der Waals surface area contributed by atoms with Gasteiger partial charge < -0.3 is 25.7 Å². The van der Waals surface area contributed by atoms with Gasteiger partial charge in [0.15, 0.2) is 0 Å². The minimum absolute atomic E-state index is 0.0824. The molecule has 0 saturated heterocycles. The highest BCUT2D eigenvalue weighted by Crippen LogP contribution is 2.14. The first-order valence-electron chi connectivity index (χ1n) is 6.84. The van der Waals surface area contributed by atoms with Crippen molar-refractivity contribution in [3.8, 4) is 0 Å². The molecule has 2 amide bonds. The number of nitrogens with one attached hydrogen (secondary N) is 2. The molecule has 0 aliphatic heterocycles. The van der Waals surface area contributed by atoms with Crippen molar-refractivity contribution in [3.05, 3.63) is 0 Å². The van der Waals surface area contributed by atoms with Gasteiger partial charge in [0.1, 0.15) is 12.1 Å². The zero-order valence-electron chi connectivity index (χ0n) is 12.9. The number of hydrogen-bond donors (Lipinski definition) is 4. The van der Waals surface area contributed by atoms with Crippen LogP contribution in [0.1, 0.15) is 20.3 Å². The molecular formula is C13H25N3O5. The van der Waals surface area contributed by atoms with Crippen LogP contribution in [-0.2, 0) is 14.4 Å². The molecule has 0 saturated carbocycles. The number of aliphatic carboxylic acids is 1. The van der Waals surface area contributed by atoms with E-state index in [0.717, 1.165) is 0 Å². The predicted octanol–water partition coefficient (Wildman–Crippen LogP) is -1.36. The lowest BCUT2D eigenvalue weighted by Crippen LogP contribution is -2.56. The average Bonchev–Trinajstić information content (AvgIpc) is 2.44. The zero-order valence-corrected chi connectivity index (χ0v) is 12.9. The van der Waals surface area contributed by atoms with E-state index in [2.05, 4.69) is 10.6 Å². The first-order valence-corrected chi connectivity index (χ1v) is 6.84. The molecule has 0 aromatic rings. The zero-order chi connectivity index (χ0) is 16.6. The van der Waals surface area contributed by atoms with Gasteiger partial charge in [-0.3, -0.25) is 9.59 Å². The van der Waals surface area contributed by atoms with Gasteiger partial charge in [0, 0.05) is 7.05 Å². The van der Waals surface area contributed by atoms with Crippen molar-refractivity contribution < 1.29 is 24.6 Å².